The number of carbonyl (C=O) groups excluding carboxylic acids is 2. The van der Waals surface area contributed by atoms with Gasteiger partial charge in [0.2, 0.25) is 0 Å². The van der Waals surface area contributed by atoms with E-state index in [1.54, 1.807) is 6.92 Å². The fraction of sp³-hybridized carbons (Fsp3) is 0.368. The van der Waals surface area contributed by atoms with Gasteiger partial charge in [0.25, 0.3) is 0 Å². The van der Waals surface area contributed by atoms with E-state index >= 15 is 0 Å². The fourth-order valence-corrected chi connectivity index (χ4v) is 4.17. The van der Waals surface area contributed by atoms with E-state index in [1.165, 1.54) is 11.3 Å². The molecule has 2 aromatic rings. The molecule has 1 amide bonds. The van der Waals surface area contributed by atoms with Gasteiger partial charge in [0.05, 0.1) is 12.3 Å². The second kappa shape index (κ2) is 8.23. The number of nitrogens with two attached hydrogens (primary N) is 1. The first kappa shape index (κ1) is 18.3. The molecule has 138 valence electrons. The quantitative estimate of drug-likeness (QED) is 0.784. The normalized spacial score (nSPS) is 15.8. The predicted molar refractivity (Wildman–Crippen MR) is 100 cm³/mol. The van der Waals surface area contributed by atoms with Gasteiger partial charge in [-0.15, -0.1) is 11.3 Å². The summed E-state index contributed by atoms with van der Waals surface area (Å²) in [5.41, 5.74) is 8.51. The highest BCUT2D eigenvalue weighted by molar-refractivity contribution is 7.14. The van der Waals surface area contributed by atoms with Gasteiger partial charge in [-0.05, 0) is 37.3 Å². The number of esters is 1. The van der Waals surface area contributed by atoms with Gasteiger partial charge in [-0.1, -0.05) is 30.3 Å². The molecular weight excluding hydrogens is 352 g/mol. The molecule has 0 saturated carbocycles. The van der Waals surface area contributed by atoms with Crippen molar-refractivity contribution in [3.8, 4) is 0 Å². The molecule has 1 aliphatic rings. The van der Waals surface area contributed by atoms with E-state index in [2.05, 4.69) is 5.32 Å². The molecule has 0 aliphatic heterocycles. The van der Waals surface area contributed by atoms with Crippen LogP contribution in [-0.4, -0.2) is 24.7 Å². The standard InChI is InChI=1S/C19H22N2O4S/c1-2-24-18(22)17-16(20)14-10-13(8-9-15(14)26-17)21-19(23)25-11-12-6-4-3-5-7-12/h3-7,13H,2,8-11,20H2,1H3,(H,21,23). The van der Waals surface area contributed by atoms with Crippen molar-refractivity contribution < 1.29 is 19.1 Å². The molecule has 7 heteroatoms. The summed E-state index contributed by atoms with van der Waals surface area (Å²) in [5, 5.41) is 2.89. The molecule has 26 heavy (non-hydrogen) atoms. The van der Waals surface area contributed by atoms with Crippen molar-refractivity contribution >= 4 is 29.1 Å². The van der Waals surface area contributed by atoms with Crippen LogP contribution < -0.4 is 11.1 Å². The molecular formula is C19H22N2O4S. The SMILES string of the molecule is CCOC(=O)c1sc2c(c1N)CC(NC(=O)OCc1ccccc1)CC2. The first-order valence-electron chi connectivity index (χ1n) is 8.62. The highest BCUT2D eigenvalue weighted by Gasteiger charge is 2.28. The Morgan fingerprint density at radius 1 is 1.27 bits per heavy atom. The average molecular weight is 374 g/mol. The van der Waals surface area contributed by atoms with E-state index in [9.17, 15) is 9.59 Å². The molecule has 1 atom stereocenters. The van der Waals surface area contributed by atoms with E-state index in [1.807, 2.05) is 30.3 Å². The van der Waals surface area contributed by atoms with Crippen LogP contribution in [0, 0.1) is 0 Å². The van der Waals surface area contributed by atoms with Gasteiger partial charge < -0.3 is 20.5 Å². The van der Waals surface area contributed by atoms with Crippen LogP contribution in [0.5, 0.6) is 0 Å². The van der Waals surface area contributed by atoms with Gasteiger partial charge >= 0.3 is 12.1 Å². The molecule has 3 N–H and O–H groups in total. The molecule has 0 fully saturated rings. The number of benzene rings is 1. The van der Waals surface area contributed by atoms with Crippen molar-refractivity contribution in [2.24, 2.45) is 0 Å². The van der Waals surface area contributed by atoms with Crippen LogP contribution in [0.15, 0.2) is 30.3 Å². The van der Waals surface area contributed by atoms with Crippen molar-refractivity contribution in [2.75, 3.05) is 12.3 Å². The lowest BCUT2D eigenvalue weighted by atomic mass is 9.93. The van der Waals surface area contributed by atoms with Crippen LogP contribution in [0.1, 0.15) is 39.0 Å². The third-order valence-electron chi connectivity index (χ3n) is 4.30. The van der Waals surface area contributed by atoms with E-state index in [0.717, 1.165) is 28.8 Å². The molecule has 0 spiro atoms. The van der Waals surface area contributed by atoms with Crippen molar-refractivity contribution in [3.05, 3.63) is 51.2 Å². The van der Waals surface area contributed by atoms with Gasteiger partial charge in [0.1, 0.15) is 11.5 Å². The van der Waals surface area contributed by atoms with E-state index < -0.39 is 6.09 Å². The first-order chi connectivity index (χ1) is 12.6. The number of alkyl carbamates (subject to hydrolysis) is 1. The zero-order valence-electron chi connectivity index (χ0n) is 14.6. The summed E-state index contributed by atoms with van der Waals surface area (Å²) < 4.78 is 10.3. The van der Waals surface area contributed by atoms with Gasteiger partial charge in [-0.2, -0.15) is 0 Å². The number of ether oxygens (including phenoxy) is 2. The third-order valence-corrected chi connectivity index (χ3v) is 5.59. The second-order valence-electron chi connectivity index (χ2n) is 6.11. The molecule has 0 saturated heterocycles. The van der Waals surface area contributed by atoms with E-state index in [-0.39, 0.29) is 18.6 Å². The Labute approximate surface area is 156 Å². The maximum absolute atomic E-state index is 12.0. The van der Waals surface area contributed by atoms with Crippen LogP contribution in [0.4, 0.5) is 10.5 Å². The van der Waals surface area contributed by atoms with Crippen molar-refractivity contribution in [1.82, 2.24) is 5.32 Å². The number of anilines is 1. The Bertz CT molecular complexity index is 788. The van der Waals surface area contributed by atoms with Gasteiger partial charge in [0.15, 0.2) is 0 Å². The number of hydrogen-bond acceptors (Lipinski definition) is 6. The third kappa shape index (κ3) is 4.16. The summed E-state index contributed by atoms with van der Waals surface area (Å²) >= 11 is 1.39. The number of rotatable bonds is 5. The summed E-state index contributed by atoms with van der Waals surface area (Å²) in [7, 11) is 0. The van der Waals surface area contributed by atoms with Gasteiger partial charge in [-0.3, -0.25) is 0 Å². The number of aryl methyl sites for hydroxylation is 1. The highest BCUT2D eigenvalue weighted by Crippen LogP contribution is 2.36. The molecule has 1 aliphatic carbocycles. The zero-order valence-corrected chi connectivity index (χ0v) is 15.4. The summed E-state index contributed by atoms with van der Waals surface area (Å²) in [6.45, 7) is 2.32. The number of carbonyl (C=O) groups is 2. The number of fused-ring (bicyclic) bond motifs is 1. The zero-order chi connectivity index (χ0) is 18.5. The van der Waals surface area contributed by atoms with Crippen molar-refractivity contribution in [1.29, 1.82) is 0 Å². The highest BCUT2D eigenvalue weighted by atomic mass is 32.1. The lowest BCUT2D eigenvalue weighted by Crippen LogP contribution is -2.39. The maximum atomic E-state index is 12.0. The smallest absolute Gasteiger partial charge is 0.407 e. The largest absolute Gasteiger partial charge is 0.462 e. The van der Waals surface area contributed by atoms with Crippen molar-refractivity contribution in [2.45, 2.75) is 38.8 Å². The van der Waals surface area contributed by atoms with Gasteiger partial charge in [0, 0.05) is 10.9 Å². The molecule has 1 unspecified atom stereocenters. The Hall–Kier alpha value is -2.54. The lowest BCUT2D eigenvalue weighted by Gasteiger charge is -2.23. The molecule has 6 nitrogen and oxygen atoms in total. The predicted octanol–water partition coefficient (Wildman–Crippen LogP) is 3.29. The number of thiophene rings is 1. The van der Waals surface area contributed by atoms with E-state index in [4.69, 9.17) is 15.2 Å². The summed E-state index contributed by atoms with van der Waals surface area (Å²) in [6.07, 6.45) is 1.71. The number of nitrogen functional groups attached to an aromatic ring is 1. The van der Waals surface area contributed by atoms with Crippen LogP contribution >= 0.6 is 11.3 Å². The minimum atomic E-state index is -0.443. The van der Waals surface area contributed by atoms with Crippen LogP contribution in [0.25, 0.3) is 0 Å². The van der Waals surface area contributed by atoms with Crippen LogP contribution in [-0.2, 0) is 28.9 Å². The summed E-state index contributed by atoms with van der Waals surface area (Å²) in [5.74, 6) is -0.379. The van der Waals surface area contributed by atoms with E-state index in [0.29, 0.717) is 23.6 Å². The molecule has 0 radical (unpaired) electrons. The van der Waals surface area contributed by atoms with Crippen LogP contribution in [0.3, 0.4) is 0 Å². The molecule has 1 heterocycles. The Morgan fingerprint density at radius 2 is 2.04 bits per heavy atom. The lowest BCUT2D eigenvalue weighted by molar-refractivity contribution is 0.0533. The molecule has 3 rings (SSSR count). The first-order valence-corrected chi connectivity index (χ1v) is 9.44. The fourth-order valence-electron chi connectivity index (χ4n) is 3.01. The monoisotopic (exact) mass is 374 g/mol. The summed E-state index contributed by atoms with van der Waals surface area (Å²) in [4.78, 5) is 25.6. The molecule has 1 aromatic carbocycles. The Morgan fingerprint density at radius 3 is 2.77 bits per heavy atom. The minimum Gasteiger partial charge on any atom is -0.462 e. The topological polar surface area (TPSA) is 90.6 Å². The second-order valence-corrected chi connectivity index (χ2v) is 7.22. The average Bonchev–Trinajstić information content (AvgIpc) is 2.98. The summed E-state index contributed by atoms with van der Waals surface area (Å²) in [6, 6.07) is 9.47. The van der Waals surface area contributed by atoms with Gasteiger partial charge in [-0.25, -0.2) is 9.59 Å². The Balaban J connectivity index is 1.58. The minimum absolute atomic E-state index is 0.0577. The number of hydrogen-bond donors (Lipinski definition) is 2. The number of amides is 1. The number of nitrogens with one attached hydrogen (secondary N) is 1. The maximum Gasteiger partial charge on any atom is 0.407 e. The Kier molecular flexibility index (Phi) is 5.78. The van der Waals surface area contributed by atoms with Crippen LogP contribution in [0.2, 0.25) is 0 Å². The molecule has 0 bridgehead atoms. The van der Waals surface area contributed by atoms with Crippen molar-refractivity contribution in [3.63, 3.8) is 0 Å². The molecule has 1 aromatic heterocycles.